The van der Waals surface area contributed by atoms with Gasteiger partial charge in [-0.25, -0.2) is 4.98 Å². The number of carbonyl (C=O) groups excluding carboxylic acids is 1. The van der Waals surface area contributed by atoms with E-state index >= 15 is 0 Å². The van der Waals surface area contributed by atoms with E-state index in [-0.39, 0.29) is 5.91 Å². The van der Waals surface area contributed by atoms with Crippen molar-refractivity contribution in [3.63, 3.8) is 0 Å². The van der Waals surface area contributed by atoms with Crippen molar-refractivity contribution in [1.82, 2.24) is 19.1 Å². The maximum atomic E-state index is 12.0. The van der Waals surface area contributed by atoms with E-state index in [0.29, 0.717) is 34.3 Å². The fraction of sp³-hybridized carbons (Fsp3) is 0.400. The number of halogens is 1. The van der Waals surface area contributed by atoms with Crippen LogP contribution in [0.25, 0.3) is 0 Å². The van der Waals surface area contributed by atoms with Crippen molar-refractivity contribution in [2.45, 2.75) is 20.1 Å². The molecule has 2 aromatic heterocycles. The van der Waals surface area contributed by atoms with E-state index in [1.807, 2.05) is 6.92 Å². The van der Waals surface area contributed by atoms with E-state index in [2.05, 4.69) is 35.7 Å². The molecular formula is C10H12BrN5O2S. The van der Waals surface area contributed by atoms with Crippen LogP contribution in [0.15, 0.2) is 10.7 Å². The first-order valence-corrected chi connectivity index (χ1v) is 7.06. The molecule has 19 heavy (non-hydrogen) atoms. The molecule has 2 rings (SSSR count). The third-order valence-corrected chi connectivity index (χ3v) is 3.47. The van der Waals surface area contributed by atoms with Crippen molar-refractivity contribution in [2.75, 3.05) is 12.4 Å². The van der Waals surface area contributed by atoms with E-state index in [0.717, 1.165) is 11.5 Å². The number of nitrogens with zero attached hydrogens (tertiary/aromatic N) is 4. The molecular weight excluding hydrogens is 334 g/mol. The van der Waals surface area contributed by atoms with E-state index in [9.17, 15) is 4.79 Å². The Morgan fingerprint density at radius 1 is 1.63 bits per heavy atom. The summed E-state index contributed by atoms with van der Waals surface area (Å²) < 4.78 is 11.3. The molecule has 1 amide bonds. The van der Waals surface area contributed by atoms with Crippen LogP contribution in [0.4, 0.5) is 5.13 Å². The Morgan fingerprint density at radius 2 is 2.42 bits per heavy atom. The summed E-state index contributed by atoms with van der Waals surface area (Å²) in [7, 11) is 1.56. The maximum Gasteiger partial charge on any atom is 0.279 e. The second-order valence-electron chi connectivity index (χ2n) is 3.58. The van der Waals surface area contributed by atoms with Crippen LogP contribution in [0, 0.1) is 0 Å². The van der Waals surface area contributed by atoms with Crippen LogP contribution in [-0.4, -0.2) is 32.2 Å². The quantitative estimate of drug-likeness (QED) is 0.894. The Bertz CT molecular complexity index is 582. The molecule has 0 radical (unpaired) electrons. The molecule has 2 aromatic rings. The van der Waals surface area contributed by atoms with Gasteiger partial charge in [0.25, 0.3) is 5.91 Å². The SMILES string of the molecule is CCn1cc(Br)c(C(=O)Nc2nc(COC)ns2)n1. The normalized spacial score (nSPS) is 10.7. The maximum absolute atomic E-state index is 12.0. The largest absolute Gasteiger partial charge is 0.377 e. The van der Waals surface area contributed by atoms with Crippen molar-refractivity contribution < 1.29 is 9.53 Å². The Balaban J connectivity index is 2.09. The number of anilines is 1. The molecule has 0 bridgehead atoms. The molecule has 1 N–H and O–H groups in total. The number of methoxy groups -OCH3 is 1. The molecule has 0 atom stereocenters. The molecule has 0 fully saturated rings. The summed E-state index contributed by atoms with van der Waals surface area (Å²) in [5, 5.41) is 7.24. The summed E-state index contributed by atoms with van der Waals surface area (Å²) in [6.07, 6.45) is 1.76. The molecule has 0 aromatic carbocycles. The van der Waals surface area contributed by atoms with Crippen molar-refractivity contribution in [1.29, 1.82) is 0 Å². The lowest BCUT2D eigenvalue weighted by Gasteiger charge is -1.98. The minimum absolute atomic E-state index is 0.320. The molecule has 0 saturated carbocycles. The van der Waals surface area contributed by atoms with E-state index in [1.54, 1.807) is 18.0 Å². The summed E-state index contributed by atoms with van der Waals surface area (Å²) in [5.41, 5.74) is 0.324. The summed E-state index contributed by atoms with van der Waals surface area (Å²) >= 11 is 4.41. The fourth-order valence-corrected chi connectivity index (χ4v) is 2.43. The van der Waals surface area contributed by atoms with E-state index in [4.69, 9.17) is 4.74 Å². The van der Waals surface area contributed by atoms with Crippen molar-refractivity contribution in [3.8, 4) is 0 Å². The van der Waals surface area contributed by atoms with Gasteiger partial charge < -0.3 is 4.74 Å². The molecule has 2 heterocycles. The molecule has 9 heteroatoms. The zero-order valence-corrected chi connectivity index (χ0v) is 12.8. The molecule has 0 aliphatic carbocycles. The van der Waals surface area contributed by atoms with Crippen LogP contribution in [0.2, 0.25) is 0 Å². The number of amides is 1. The van der Waals surface area contributed by atoms with Crippen LogP contribution in [0.1, 0.15) is 23.2 Å². The number of nitrogens with one attached hydrogen (secondary N) is 1. The minimum atomic E-state index is -0.320. The van der Waals surface area contributed by atoms with Gasteiger partial charge in [-0.15, -0.1) is 0 Å². The first-order chi connectivity index (χ1) is 9.13. The lowest BCUT2D eigenvalue weighted by molar-refractivity contribution is 0.102. The molecule has 0 unspecified atom stereocenters. The van der Waals surface area contributed by atoms with Gasteiger partial charge in [0.05, 0.1) is 4.47 Å². The van der Waals surface area contributed by atoms with Gasteiger partial charge >= 0.3 is 0 Å². The average molecular weight is 346 g/mol. The molecule has 0 spiro atoms. The van der Waals surface area contributed by atoms with Gasteiger partial charge in [0.2, 0.25) is 5.13 Å². The number of carbonyl (C=O) groups is 1. The number of hydrogen-bond donors (Lipinski definition) is 1. The topological polar surface area (TPSA) is 81.9 Å². The van der Waals surface area contributed by atoms with Gasteiger partial charge in [0.15, 0.2) is 11.5 Å². The van der Waals surface area contributed by atoms with Crippen molar-refractivity contribution in [3.05, 3.63) is 22.2 Å². The number of rotatable bonds is 5. The standard InChI is InChI=1S/C10H12BrN5O2S/c1-3-16-4-6(11)8(14-16)9(17)13-10-12-7(5-18-2)15-19-10/h4H,3,5H2,1-2H3,(H,12,13,15,17). The summed E-state index contributed by atoms with van der Waals surface area (Å²) in [4.78, 5) is 16.1. The first kappa shape index (κ1) is 14.1. The zero-order chi connectivity index (χ0) is 13.8. The van der Waals surface area contributed by atoms with Crippen molar-refractivity contribution in [2.24, 2.45) is 0 Å². The van der Waals surface area contributed by atoms with Gasteiger partial charge in [0.1, 0.15) is 6.61 Å². The summed E-state index contributed by atoms with van der Waals surface area (Å²) in [5.74, 6) is 0.222. The molecule has 0 aliphatic rings. The molecule has 7 nitrogen and oxygen atoms in total. The van der Waals surface area contributed by atoms with Gasteiger partial charge in [-0.2, -0.15) is 9.47 Å². The highest BCUT2D eigenvalue weighted by molar-refractivity contribution is 9.10. The lowest BCUT2D eigenvalue weighted by atomic mass is 10.4. The highest BCUT2D eigenvalue weighted by Crippen LogP contribution is 2.18. The Labute approximate surface area is 122 Å². The highest BCUT2D eigenvalue weighted by atomic mass is 79.9. The predicted octanol–water partition coefficient (Wildman–Crippen LogP) is 1.92. The molecule has 0 aliphatic heterocycles. The first-order valence-electron chi connectivity index (χ1n) is 5.49. The highest BCUT2D eigenvalue weighted by Gasteiger charge is 2.16. The van der Waals surface area contributed by atoms with Gasteiger partial charge in [-0.05, 0) is 22.9 Å². The Kier molecular flexibility index (Phi) is 4.61. The summed E-state index contributed by atoms with van der Waals surface area (Å²) in [6.45, 7) is 2.96. The number of aryl methyl sites for hydroxylation is 1. The average Bonchev–Trinajstić information content (AvgIpc) is 2.96. The van der Waals surface area contributed by atoms with Crippen LogP contribution in [-0.2, 0) is 17.9 Å². The van der Waals surface area contributed by atoms with Crippen LogP contribution in [0.5, 0.6) is 0 Å². The smallest absolute Gasteiger partial charge is 0.279 e. The van der Waals surface area contributed by atoms with Crippen LogP contribution in [0.3, 0.4) is 0 Å². The lowest BCUT2D eigenvalue weighted by Crippen LogP contribution is -2.13. The second kappa shape index (κ2) is 6.22. The summed E-state index contributed by atoms with van der Waals surface area (Å²) in [6, 6.07) is 0. The number of hydrogen-bond acceptors (Lipinski definition) is 6. The molecule has 0 saturated heterocycles. The van der Waals surface area contributed by atoms with Crippen LogP contribution < -0.4 is 5.32 Å². The van der Waals surface area contributed by atoms with Crippen molar-refractivity contribution >= 4 is 38.5 Å². The number of ether oxygens (including phenoxy) is 1. The van der Waals surface area contributed by atoms with Gasteiger partial charge in [-0.3, -0.25) is 14.8 Å². The van der Waals surface area contributed by atoms with E-state index < -0.39 is 0 Å². The van der Waals surface area contributed by atoms with Crippen LogP contribution >= 0.6 is 27.5 Å². The van der Waals surface area contributed by atoms with Gasteiger partial charge in [-0.1, -0.05) is 0 Å². The van der Waals surface area contributed by atoms with Gasteiger partial charge in [0, 0.05) is 31.4 Å². The molecule has 102 valence electrons. The minimum Gasteiger partial charge on any atom is -0.377 e. The monoisotopic (exact) mass is 345 g/mol. The number of aromatic nitrogens is 4. The third-order valence-electron chi connectivity index (χ3n) is 2.22. The predicted molar refractivity (Wildman–Crippen MR) is 74.2 cm³/mol. The van der Waals surface area contributed by atoms with E-state index in [1.165, 1.54) is 0 Å². The fourth-order valence-electron chi connectivity index (χ4n) is 1.36. The second-order valence-corrected chi connectivity index (χ2v) is 5.19. The Hall–Kier alpha value is -1.32. The zero-order valence-electron chi connectivity index (χ0n) is 10.4. The Morgan fingerprint density at radius 3 is 3.05 bits per heavy atom. The third kappa shape index (κ3) is 3.37.